The zero-order valence-electron chi connectivity index (χ0n) is 11.9. The average Bonchev–Trinajstić information content (AvgIpc) is 2.70. The van der Waals surface area contributed by atoms with Gasteiger partial charge in [-0.25, -0.2) is 4.79 Å². The molecule has 1 aromatic heterocycles. The third-order valence-electron chi connectivity index (χ3n) is 2.75. The molecule has 102 valence electrons. The van der Waals surface area contributed by atoms with E-state index in [1.807, 2.05) is 20.2 Å². The summed E-state index contributed by atoms with van der Waals surface area (Å²) in [5.74, 6) is 0.206. The van der Waals surface area contributed by atoms with Gasteiger partial charge in [0.25, 0.3) is 0 Å². The van der Waals surface area contributed by atoms with Gasteiger partial charge in [-0.1, -0.05) is 20.8 Å². The van der Waals surface area contributed by atoms with Crippen molar-refractivity contribution >= 4 is 5.97 Å². The summed E-state index contributed by atoms with van der Waals surface area (Å²) in [6.45, 7) is 7.00. The van der Waals surface area contributed by atoms with Crippen LogP contribution in [0, 0.1) is 5.92 Å². The zero-order valence-corrected chi connectivity index (χ0v) is 11.9. The zero-order chi connectivity index (χ0) is 13.7. The molecule has 0 aliphatic heterocycles. The fraction of sp³-hybridized carbons (Fsp3) is 0.692. The molecule has 0 saturated heterocycles. The highest BCUT2D eigenvalue weighted by molar-refractivity contribution is 5.77. The summed E-state index contributed by atoms with van der Waals surface area (Å²) < 4.78 is 6.61. The number of carbonyl (C=O) groups excluding carboxylic acids is 1. The van der Waals surface area contributed by atoms with Gasteiger partial charge < -0.3 is 10.1 Å². The first kappa shape index (κ1) is 14.7. The van der Waals surface area contributed by atoms with Crippen LogP contribution in [0.15, 0.2) is 6.20 Å². The van der Waals surface area contributed by atoms with Crippen molar-refractivity contribution in [3.8, 4) is 0 Å². The predicted molar refractivity (Wildman–Crippen MR) is 70.2 cm³/mol. The second-order valence-electron chi connectivity index (χ2n) is 4.82. The molecule has 1 atom stereocenters. The molecule has 5 nitrogen and oxygen atoms in total. The van der Waals surface area contributed by atoms with Gasteiger partial charge >= 0.3 is 5.97 Å². The Labute approximate surface area is 109 Å². The van der Waals surface area contributed by atoms with Crippen LogP contribution in [0.2, 0.25) is 0 Å². The van der Waals surface area contributed by atoms with Crippen LogP contribution in [0.1, 0.15) is 38.1 Å². The van der Waals surface area contributed by atoms with E-state index < -0.39 is 6.04 Å². The third-order valence-corrected chi connectivity index (χ3v) is 2.75. The van der Waals surface area contributed by atoms with Crippen molar-refractivity contribution in [2.45, 2.75) is 33.2 Å². The highest BCUT2D eigenvalue weighted by Gasteiger charge is 2.25. The number of ether oxygens (including phenoxy) is 1. The lowest BCUT2D eigenvalue weighted by molar-refractivity contribution is -0.143. The van der Waals surface area contributed by atoms with Crippen molar-refractivity contribution in [1.29, 1.82) is 0 Å². The van der Waals surface area contributed by atoms with E-state index in [2.05, 4.69) is 24.3 Å². The number of carbonyl (C=O) groups is 1. The maximum atomic E-state index is 11.9. The quantitative estimate of drug-likeness (QED) is 0.779. The number of aromatic nitrogens is 2. The van der Waals surface area contributed by atoms with Crippen molar-refractivity contribution in [3.63, 3.8) is 0 Å². The SMILES string of the molecule is CCc1nn(C)cc1C(NCC(C)C)C(=O)OC. The van der Waals surface area contributed by atoms with Crippen LogP contribution in [-0.2, 0) is 23.0 Å². The van der Waals surface area contributed by atoms with Gasteiger partial charge in [-0.3, -0.25) is 4.68 Å². The number of methoxy groups -OCH3 is 1. The van der Waals surface area contributed by atoms with E-state index >= 15 is 0 Å². The molecule has 1 unspecified atom stereocenters. The summed E-state index contributed by atoms with van der Waals surface area (Å²) in [6.07, 6.45) is 2.68. The van der Waals surface area contributed by atoms with Gasteiger partial charge in [-0.05, 0) is 18.9 Å². The lowest BCUT2D eigenvalue weighted by Crippen LogP contribution is -2.32. The second kappa shape index (κ2) is 6.54. The summed E-state index contributed by atoms with van der Waals surface area (Å²) in [5.41, 5.74) is 1.84. The molecule has 0 bridgehead atoms. The van der Waals surface area contributed by atoms with E-state index in [4.69, 9.17) is 4.74 Å². The van der Waals surface area contributed by atoms with Gasteiger partial charge in [0, 0.05) is 18.8 Å². The standard InChI is InChI=1S/C13H23N3O2/c1-6-11-10(8-16(4)15-11)12(13(17)18-5)14-7-9(2)3/h8-9,12,14H,6-7H2,1-5H3. The number of rotatable bonds is 6. The number of nitrogens with zero attached hydrogens (tertiary/aromatic N) is 2. The molecule has 1 N–H and O–H groups in total. The average molecular weight is 253 g/mol. The number of aryl methyl sites for hydroxylation is 2. The van der Waals surface area contributed by atoms with Crippen molar-refractivity contribution in [2.24, 2.45) is 13.0 Å². The molecule has 1 rings (SSSR count). The Kier molecular flexibility index (Phi) is 5.34. The molecule has 18 heavy (non-hydrogen) atoms. The van der Waals surface area contributed by atoms with E-state index in [9.17, 15) is 4.79 Å². The fourth-order valence-corrected chi connectivity index (χ4v) is 1.86. The lowest BCUT2D eigenvalue weighted by Gasteiger charge is -2.17. The van der Waals surface area contributed by atoms with Crippen LogP contribution in [0.5, 0.6) is 0 Å². The largest absolute Gasteiger partial charge is 0.468 e. The van der Waals surface area contributed by atoms with Crippen molar-refractivity contribution in [3.05, 3.63) is 17.5 Å². The number of esters is 1. The molecule has 0 saturated carbocycles. The maximum absolute atomic E-state index is 11.9. The Bertz CT molecular complexity index is 399. The topological polar surface area (TPSA) is 56.2 Å². The molecular weight excluding hydrogens is 230 g/mol. The molecule has 0 aliphatic carbocycles. The summed E-state index contributed by atoms with van der Waals surface area (Å²) >= 11 is 0. The molecule has 0 aromatic carbocycles. The van der Waals surface area contributed by atoms with Gasteiger partial charge in [-0.2, -0.15) is 5.10 Å². The van der Waals surface area contributed by atoms with Gasteiger partial charge in [0.15, 0.2) is 0 Å². The molecule has 0 fully saturated rings. The Morgan fingerprint density at radius 3 is 2.72 bits per heavy atom. The summed E-state index contributed by atoms with van der Waals surface area (Å²) in [6, 6.07) is -0.430. The summed E-state index contributed by atoms with van der Waals surface area (Å²) in [4.78, 5) is 11.9. The van der Waals surface area contributed by atoms with E-state index in [1.165, 1.54) is 7.11 Å². The van der Waals surface area contributed by atoms with Gasteiger partial charge in [0.05, 0.1) is 12.8 Å². The van der Waals surface area contributed by atoms with Crippen LogP contribution in [-0.4, -0.2) is 29.4 Å². The third kappa shape index (κ3) is 3.57. The van der Waals surface area contributed by atoms with Crippen molar-refractivity contribution < 1.29 is 9.53 Å². The van der Waals surface area contributed by atoms with Crippen LogP contribution >= 0.6 is 0 Å². The smallest absolute Gasteiger partial charge is 0.327 e. The number of nitrogens with one attached hydrogen (secondary N) is 1. The first-order valence-electron chi connectivity index (χ1n) is 6.33. The summed E-state index contributed by atoms with van der Waals surface area (Å²) in [5, 5.41) is 7.61. The summed E-state index contributed by atoms with van der Waals surface area (Å²) in [7, 11) is 3.27. The predicted octanol–water partition coefficient (Wildman–Crippen LogP) is 1.44. The minimum atomic E-state index is -0.430. The first-order valence-corrected chi connectivity index (χ1v) is 6.33. The van der Waals surface area contributed by atoms with E-state index in [-0.39, 0.29) is 5.97 Å². The Morgan fingerprint density at radius 1 is 1.56 bits per heavy atom. The molecule has 0 radical (unpaired) electrons. The van der Waals surface area contributed by atoms with Gasteiger partial charge in [-0.15, -0.1) is 0 Å². The van der Waals surface area contributed by atoms with Crippen molar-refractivity contribution in [1.82, 2.24) is 15.1 Å². The molecule has 0 aliphatic rings. The Hall–Kier alpha value is -1.36. The minimum Gasteiger partial charge on any atom is -0.468 e. The van der Waals surface area contributed by atoms with E-state index in [0.29, 0.717) is 5.92 Å². The van der Waals surface area contributed by atoms with Crippen LogP contribution in [0.3, 0.4) is 0 Å². The lowest BCUT2D eigenvalue weighted by atomic mass is 10.1. The fourth-order valence-electron chi connectivity index (χ4n) is 1.86. The minimum absolute atomic E-state index is 0.265. The van der Waals surface area contributed by atoms with Gasteiger partial charge in [0.1, 0.15) is 6.04 Å². The number of hydrogen-bond acceptors (Lipinski definition) is 4. The Balaban J connectivity index is 2.97. The van der Waals surface area contributed by atoms with Crippen LogP contribution in [0.4, 0.5) is 0 Å². The molecular formula is C13H23N3O2. The van der Waals surface area contributed by atoms with Crippen molar-refractivity contribution in [2.75, 3.05) is 13.7 Å². The first-order chi connectivity index (χ1) is 8.49. The van der Waals surface area contributed by atoms with Crippen LogP contribution < -0.4 is 5.32 Å². The van der Waals surface area contributed by atoms with Crippen LogP contribution in [0.25, 0.3) is 0 Å². The van der Waals surface area contributed by atoms with E-state index in [1.54, 1.807) is 4.68 Å². The highest BCUT2D eigenvalue weighted by atomic mass is 16.5. The van der Waals surface area contributed by atoms with Gasteiger partial charge in [0.2, 0.25) is 0 Å². The molecule has 1 heterocycles. The molecule has 0 spiro atoms. The van der Waals surface area contributed by atoms with E-state index in [0.717, 1.165) is 24.2 Å². The monoisotopic (exact) mass is 253 g/mol. The molecule has 0 amide bonds. The highest BCUT2D eigenvalue weighted by Crippen LogP contribution is 2.19. The molecule has 5 heteroatoms. The normalized spacial score (nSPS) is 12.8. The molecule has 1 aromatic rings. The second-order valence-corrected chi connectivity index (χ2v) is 4.82. The number of hydrogen-bond donors (Lipinski definition) is 1. The maximum Gasteiger partial charge on any atom is 0.327 e. The Morgan fingerprint density at radius 2 is 2.22 bits per heavy atom.